The number of amides is 1. The van der Waals surface area contributed by atoms with Gasteiger partial charge in [0.2, 0.25) is 0 Å². The van der Waals surface area contributed by atoms with Crippen molar-refractivity contribution >= 4 is 12.1 Å². The fraction of sp³-hybridized carbons (Fsp3) is 0.652. The Balaban J connectivity index is 1.97. The van der Waals surface area contributed by atoms with Crippen LogP contribution in [-0.4, -0.2) is 35.7 Å². The highest BCUT2D eigenvalue weighted by Gasteiger charge is 2.41. The minimum absolute atomic E-state index is 0.0863. The summed E-state index contributed by atoms with van der Waals surface area (Å²) >= 11 is 0. The van der Waals surface area contributed by atoms with E-state index >= 15 is 0 Å². The smallest absolute Gasteiger partial charge is 0.254 e. The molecule has 0 bridgehead atoms. The molecule has 4 heteroatoms. The van der Waals surface area contributed by atoms with Crippen molar-refractivity contribution in [2.75, 3.05) is 13.1 Å². The molecule has 0 spiro atoms. The molecule has 3 fully saturated rings. The maximum atomic E-state index is 13.6. The lowest BCUT2D eigenvalue weighted by Crippen LogP contribution is -2.34. The van der Waals surface area contributed by atoms with Crippen molar-refractivity contribution in [1.29, 1.82) is 0 Å². The molecular weight excluding hydrogens is 334 g/mol. The number of allylic oxidation sites excluding steroid dienone is 2. The highest BCUT2D eigenvalue weighted by Crippen LogP contribution is 2.40. The first kappa shape index (κ1) is 19.9. The predicted octanol–water partition coefficient (Wildman–Crippen LogP) is 4.60. The van der Waals surface area contributed by atoms with E-state index in [4.69, 9.17) is 0 Å². The van der Waals surface area contributed by atoms with Gasteiger partial charge in [0.25, 0.3) is 5.91 Å². The molecule has 1 saturated heterocycles. The number of carbonyl (C=O) groups is 1. The topological polar surface area (TPSA) is 44.7 Å². The van der Waals surface area contributed by atoms with E-state index in [0.29, 0.717) is 11.8 Å². The number of rotatable bonds is 6. The molecule has 148 valence electrons. The molecule has 1 amide bonds. The van der Waals surface area contributed by atoms with Crippen LogP contribution in [0.4, 0.5) is 0 Å². The Morgan fingerprint density at radius 2 is 1.74 bits per heavy atom. The van der Waals surface area contributed by atoms with Gasteiger partial charge in [-0.25, -0.2) is 4.99 Å². The van der Waals surface area contributed by atoms with E-state index in [0.717, 1.165) is 54.0 Å². The van der Waals surface area contributed by atoms with Crippen LogP contribution in [0.25, 0.3) is 0 Å². The van der Waals surface area contributed by atoms with Gasteiger partial charge in [-0.15, -0.1) is 0 Å². The molecule has 1 N–H and O–H groups in total. The number of nitrogens with one attached hydrogen (secondary N) is 1. The summed E-state index contributed by atoms with van der Waals surface area (Å²) in [6.45, 7) is 16.2. The maximum Gasteiger partial charge on any atom is 0.254 e. The Hall–Kier alpha value is -1.84. The van der Waals surface area contributed by atoms with Crippen LogP contribution in [0.5, 0.6) is 0 Å². The zero-order valence-corrected chi connectivity index (χ0v) is 17.7. The summed E-state index contributed by atoms with van der Waals surface area (Å²) in [6.07, 6.45) is 7.92. The first-order chi connectivity index (χ1) is 12.8. The first-order valence-corrected chi connectivity index (χ1v) is 10.4. The van der Waals surface area contributed by atoms with E-state index in [1.165, 1.54) is 19.3 Å². The molecule has 0 aromatic heterocycles. The summed E-state index contributed by atoms with van der Waals surface area (Å²) in [6, 6.07) is 0. The summed E-state index contributed by atoms with van der Waals surface area (Å²) < 4.78 is 0. The number of carbonyl (C=O) groups excluding carboxylic acids is 1. The van der Waals surface area contributed by atoms with E-state index in [-0.39, 0.29) is 11.4 Å². The number of likely N-dealkylation sites (tertiary alicyclic amines) is 1. The number of hydrogen-bond donors (Lipinski definition) is 1. The Labute approximate surface area is 164 Å². The molecule has 4 nitrogen and oxygen atoms in total. The normalized spacial score (nSPS) is 26.6. The summed E-state index contributed by atoms with van der Waals surface area (Å²) in [7, 11) is 0. The average Bonchev–Trinajstić information content (AvgIpc) is 2.98. The zero-order chi connectivity index (χ0) is 19.8. The quantitative estimate of drug-likeness (QED) is 0.422. The maximum absolute atomic E-state index is 13.6. The Kier molecular flexibility index (Phi) is 5.64. The lowest BCUT2D eigenvalue weighted by molar-refractivity contribution is -0.126. The van der Waals surface area contributed by atoms with Crippen molar-refractivity contribution in [1.82, 2.24) is 10.2 Å². The van der Waals surface area contributed by atoms with E-state index in [1.54, 1.807) is 6.21 Å². The van der Waals surface area contributed by atoms with E-state index < -0.39 is 0 Å². The molecule has 3 rings (SSSR count). The zero-order valence-electron chi connectivity index (χ0n) is 17.7. The largest absolute Gasteiger partial charge is 0.364 e. The van der Waals surface area contributed by atoms with Gasteiger partial charge >= 0.3 is 0 Å². The molecule has 2 aliphatic carbocycles. The van der Waals surface area contributed by atoms with Crippen LogP contribution in [-0.2, 0) is 4.79 Å². The van der Waals surface area contributed by atoms with Crippen LogP contribution in [0.3, 0.4) is 0 Å². The second kappa shape index (κ2) is 7.65. The molecule has 0 aromatic rings. The molecule has 1 aliphatic heterocycles. The summed E-state index contributed by atoms with van der Waals surface area (Å²) in [5.74, 6) is 2.32. The van der Waals surface area contributed by atoms with Gasteiger partial charge in [0.05, 0.1) is 0 Å². The third kappa shape index (κ3) is 4.20. The van der Waals surface area contributed by atoms with Crippen LogP contribution in [0, 0.1) is 11.8 Å². The SMILES string of the molecule is C=C(C)/C(C(C(=O)N1CC2CCCC2C1)=C(C)C)=C(\N=C/C)NC1(C)CC1. The van der Waals surface area contributed by atoms with Crippen molar-refractivity contribution in [3.05, 3.63) is 34.7 Å². The fourth-order valence-corrected chi connectivity index (χ4v) is 4.55. The number of hydrogen-bond acceptors (Lipinski definition) is 3. The highest BCUT2D eigenvalue weighted by molar-refractivity contribution is 6.00. The summed E-state index contributed by atoms with van der Waals surface area (Å²) in [4.78, 5) is 20.3. The van der Waals surface area contributed by atoms with Crippen molar-refractivity contribution < 1.29 is 4.79 Å². The van der Waals surface area contributed by atoms with Gasteiger partial charge in [-0.2, -0.15) is 0 Å². The summed E-state index contributed by atoms with van der Waals surface area (Å²) in [5, 5.41) is 3.59. The van der Waals surface area contributed by atoms with Crippen LogP contribution in [0.1, 0.15) is 66.7 Å². The van der Waals surface area contributed by atoms with Crippen molar-refractivity contribution in [2.45, 2.75) is 72.3 Å². The molecule has 2 unspecified atom stereocenters. The van der Waals surface area contributed by atoms with E-state index in [2.05, 4.69) is 28.7 Å². The minimum Gasteiger partial charge on any atom is -0.364 e. The molecule has 0 radical (unpaired) electrons. The standard InChI is InChI=1S/C23H35N3O/c1-7-24-21(25-23(6)11-12-23)19(15(2)3)20(16(4)5)22(27)26-13-17-9-8-10-18(17)14-26/h7,17-18,25H,2,8-14H2,1,3-6H3/b21-19-,24-7-. The van der Waals surface area contributed by atoms with Crippen molar-refractivity contribution in [3.63, 3.8) is 0 Å². The van der Waals surface area contributed by atoms with Gasteiger partial charge in [-0.3, -0.25) is 4.79 Å². The number of fused-ring (bicyclic) bond motifs is 1. The number of aliphatic imine (C=N–C) groups is 1. The van der Waals surface area contributed by atoms with Crippen molar-refractivity contribution in [3.8, 4) is 0 Å². The molecule has 2 atom stereocenters. The highest BCUT2D eigenvalue weighted by atomic mass is 16.2. The molecule has 1 heterocycles. The molecule has 0 aromatic carbocycles. The molecule has 3 aliphatic rings. The average molecular weight is 370 g/mol. The lowest BCUT2D eigenvalue weighted by Gasteiger charge is -2.25. The fourth-order valence-electron chi connectivity index (χ4n) is 4.55. The Bertz CT molecular complexity index is 708. The van der Waals surface area contributed by atoms with E-state index in [9.17, 15) is 4.79 Å². The Morgan fingerprint density at radius 3 is 2.19 bits per heavy atom. The lowest BCUT2D eigenvalue weighted by atomic mass is 9.94. The van der Waals surface area contributed by atoms with Gasteiger partial charge in [0.15, 0.2) is 0 Å². The van der Waals surface area contributed by atoms with E-state index in [1.807, 2.05) is 27.7 Å². The predicted molar refractivity (Wildman–Crippen MR) is 113 cm³/mol. The number of nitrogens with zero attached hydrogens (tertiary/aromatic N) is 2. The van der Waals surface area contributed by atoms with Crippen LogP contribution < -0.4 is 5.32 Å². The second-order valence-corrected chi connectivity index (χ2v) is 9.11. The molecule has 27 heavy (non-hydrogen) atoms. The van der Waals surface area contributed by atoms with Gasteiger partial charge in [-0.1, -0.05) is 18.6 Å². The van der Waals surface area contributed by atoms with Gasteiger partial charge in [0.1, 0.15) is 5.82 Å². The van der Waals surface area contributed by atoms with Crippen molar-refractivity contribution in [2.24, 2.45) is 16.8 Å². The Morgan fingerprint density at radius 1 is 1.15 bits per heavy atom. The molecule has 2 saturated carbocycles. The third-order valence-electron chi connectivity index (χ3n) is 6.32. The molecular formula is C23H35N3O. The van der Waals surface area contributed by atoms with Crippen LogP contribution in [0.2, 0.25) is 0 Å². The monoisotopic (exact) mass is 369 g/mol. The summed E-state index contributed by atoms with van der Waals surface area (Å²) in [5.41, 5.74) is 3.66. The first-order valence-electron chi connectivity index (χ1n) is 10.4. The second-order valence-electron chi connectivity index (χ2n) is 9.11. The van der Waals surface area contributed by atoms with Gasteiger partial charge in [-0.05, 0) is 77.7 Å². The van der Waals surface area contributed by atoms with Crippen LogP contribution >= 0.6 is 0 Å². The third-order valence-corrected chi connectivity index (χ3v) is 6.32. The van der Waals surface area contributed by atoms with Gasteiger partial charge in [0, 0.05) is 36.0 Å². The minimum atomic E-state index is 0.0863. The van der Waals surface area contributed by atoms with Gasteiger partial charge < -0.3 is 10.2 Å². The van der Waals surface area contributed by atoms with Crippen LogP contribution in [0.15, 0.2) is 39.7 Å².